The lowest BCUT2D eigenvalue weighted by atomic mass is 9.99. The van der Waals surface area contributed by atoms with E-state index in [1.807, 2.05) is 14.0 Å². The molecule has 0 aromatic rings. The Morgan fingerprint density at radius 1 is 1.35 bits per heavy atom. The topological polar surface area (TPSA) is 39.1 Å². The van der Waals surface area contributed by atoms with Crippen molar-refractivity contribution in [3.05, 3.63) is 0 Å². The van der Waals surface area contributed by atoms with Gasteiger partial charge in [0, 0.05) is 12.6 Å². The van der Waals surface area contributed by atoms with E-state index in [9.17, 15) is 0 Å². The molecule has 0 amide bonds. The lowest BCUT2D eigenvalue weighted by Gasteiger charge is -2.31. The molecule has 2 atom stereocenters. The second-order valence-electron chi connectivity index (χ2n) is 5.09. The Kier molecular flexibility index (Phi) is 8.20. The Bertz CT molecular complexity index is 234. The van der Waals surface area contributed by atoms with Crippen LogP contribution in [0, 0.1) is 11.3 Å². The number of unbranched alkanes of at least 4 members (excludes halogenated alkanes) is 1. The second kappa shape index (κ2) is 8.49. The minimum atomic E-state index is -0.391. The molecule has 0 saturated heterocycles. The van der Waals surface area contributed by atoms with Gasteiger partial charge < -0.3 is 10.2 Å². The van der Waals surface area contributed by atoms with Gasteiger partial charge in [0.15, 0.2) is 0 Å². The highest BCUT2D eigenvalue weighted by molar-refractivity contribution is 5.03. The zero-order chi connectivity index (χ0) is 13.3. The van der Waals surface area contributed by atoms with Crippen molar-refractivity contribution in [1.29, 1.82) is 5.26 Å². The maximum absolute atomic E-state index is 9.14. The third-order valence-electron chi connectivity index (χ3n) is 3.71. The van der Waals surface area contributed by atoms with Crippen molar-refractivity contribution in [3.8, 4) is 6.07 Å². The zero-order valence-corrected chi connectivity index (χ0v) is 12.2. The van der Waals surface area contributed by atoms with Gasteiger partial charge in [-0.05, 0) is 46.7 Å². The van der Waals surface area contributed by atoms with Gasteiger partial charge in [-0.15, -0.1) is 0 Å². The summed E-state index contributed by atoms with van der Waals surface area (Å²) in [6, 6.07) is 2.97. The van der Waals surface area contributed by atoms with E-state index in [-0.39, 0.29) is 0 Å². The molecule has 0 saturated carbocycles. The fraction of sp³-hybridized carbons (Fsp3) is 0.929. The van der Waals surface area contributed by atoms with E-state index in [1.54, 1.807) is 0 Å². The lowest BCUT2D eigenvalue weighted by molar-refractivity contribution is 0.185. The van der Waals surface area contributed by atoms with Crippen molar-refractivity contribution in [2.24, 2.45) is 0 Å². The largest absolute Gasteiger partial charge is 0.303 e. The summed E-state index contributed by atoms with van der Waals surface area (Å²) < 4.78 is 0. The highest BCUT2D eigenvalue weighted by Gasteiger charge is 2.23. The maximum atomic E-state index is 9.14. The molecule has 0 heterocycles. The van der Waals surface area contributed by atoms with E-state index >= 15 is 0 Å². The van der Waals surface area contributed by atoms with Crippen LogP contribution in [0.2, 0.25) is 0 Å². The maximum Gasteiger partial charge on any atom is 0.104 e. The van der Waals surface area contributed by atoms with Gasteiger partial charge in [0.05, 0.1) is 6.07 Å². The summed E-state index contributed by atoms with van der Waals surface area (Å²) in [5.74, 6) is 0. The Balaban J connectivity index is 4.29. The van der Waals surface area contributed by atoms with Crippen LogP contribution in [0.5, 0.6) is 0 Å². The fourth-order valence-corrected chi connectivity index (χ4v) is 1.78. The molecule has 0 rings (SSSR count). The van der Waals surface area contributed by atoms with E-state index in [0.717, 1.165) is 19.5 Å². The first-order valence-electron chi connectivity index (χ1n) is 6.87. The van der Waals surface area contributed by atoms with Gasteiger partial charge in [-0.2, -0.15) is 5.26 Å². The quantitative estimate of drug-likeness (QED) is 0.672. The normalized spacial score (nSPS) is 16.5. The van der Waals surface area contributed by atoms with Gasteiger partial charge in [0.1, 0.15) is 5.54 Å². The van der Waals surface area contributed by atoms with Gasteiger partial charge >= 0.3 is 0 Å². The highest BCUT2D eigenvalue weighted by atomic mass is 15.1. The monoisotopic (exact) mass is 239 g/mol. The molecule has 0 bridgehead atoms. The van der Waals surface area contributed by atoms with Crippen molar-refractivity contribution >= 4 is 0 Å². The average molecular weight is 239 g/mol. The SMILES string of the molecule is CCCCN(CCC(C)(C#N)NC)C(C)CC. The third-order valence-corrected chi connectivity index (χ3v) is 3.71. The molecule has 2 unspecified atom stereocenters. The lowest BCUT2D eigenvalue weighted by Crippen LogP contribution is -2.43. The van der Waals surface area contributed by atoms with Crippen LogP contribution in [0.4, 0.5) is 0 Å². The zero-order valence-electron chi connectivity index (χ0n) is 12.2. The van der Waals surface area contributed by atoms with Crippen LogP contribution in [0.15, 0.2) is 0 Å². The van der Waals surface area contributed by atoms with E-state index in [1.165, 1.54) is 19.3 Å². The summed E-state index contributed by atoms with van der Waals surface area (Å²) in [4.78, 5) is 2.51. The van der Waals surface area contributed by atoms with Gasteiger partial charge in [-0.3, -0.25) is 0 Å². The summed E-state index contributed by atoms with van der Waals surface area (Å²) in [6.07, 6.45) is 4.53. The molecule has 17 heavy (non-hydrogen) atoms. The predicted molar refractivity (Wildman–Crippen MR) is 73.9 cm³/mol. The molecule has 0 aliphatic rings. The number of hydrogen-bond acceptors (Lipinski definition) is 3. The van der Waals surface area contributed by atoms with Gasteiger partial charge in [-0.25, -0.2) is 0 Å². The van der Waals surface area contributed by atoms with Crippen LogP contribution in [0.3, 0.4) is 0 Å². The molecule has 100 valence electrons. The molecule has 0 aliphatic heterocycles. The van der Waals surface area contributed by atoms with Gasteiger partial charge in [-0.1, -0.05) is 20.3 Å². The Morgan fingerprint density at radius 2 is 2.00 bits per heavy atom. The first-order chi connectivity index (χ1) is 8.02. The van der Waals surface area contributed by atoms with Crippen molar-refractivity contribution < 1.29 is 0 Å². The molecule has 0 aromatic carbocycles. The van der Waals surface area contributed by atoms with Gasteiger partial charge in [0.25, 0.3) is 0 Å². The smallest absolute Gasteiger partial charge is 0.104 e. The minimum absolute atomic E-state index is 0.391. The Labute approximate surface area is 107 Å². The fourth-order valence-electron chi connectivity index (χ4n) is 1.78. The van der Waals surface area contributed by atoms with E-state index < -0.39 is 5.54 Å². The molecule has 0 fully saturated rings. The summed E-state index contributed by atoms with van der Waals surface area (Å²) in [7, 11) is 1.86. The molecular formula is C14H29N3. The van der Waals surface area contributed by atoms with Crippen LogP contribution < -0.4 is 5.32 Å². The van der Waals surface area contributed by atoms with E-state index in [4.69, 9.17) is 5.26 Å². The van der Waals surface area contributed by atoms with Crippen LogP contribution in [0.25, 0.3) is 0 Å². The number of nitriles is 1. The van der Waals surface area contributed by atoms with Crippen molar-refractivity contribution in [2.45, 2.75) is 65.0 Å². The molecule has 0 spiro atoms. The third kappa shape index (κ3) is 6.05. The van der Waals surface area contributed by atoms with E-state index in [0.29, 0.717) is 6.04 Å². The average Bonchev–Trinajstić information content (AvgIpc) is 2.37. The summed E-state index contributed by atoms with van der Waals surface area (Å²) in [5.41, 5.74) is -0.391. The van der Waals surface area contributed by atoms with Crippen molar-refractivity contribution in [1.82, 2.24) is 10.2 Å². The predicted octanol–water partition coefficient (Wildman–Crippen LogP) is 2.78. The Hall–Kier alpha value is -0.590. The first-order valence-corrected chi connectivity index (χ1v) is 6.87. The van der Waals surface area contributed by atoms with Crippen LogP contribution in [-0.4, -0.2) is 36.6 Å². The molecule has 3 nitrogen and oxygen atoms in total. The number of rotatable bonds is 9. The van der Waals surface area contributed by atoms with Crippen molar-refractivity contribution in [3.63, 3.8) is 0 Å². The minimum Gasteiger partial charge on any atom is -0.303 e. The molecule has 3 heteroatoms. The molecular weight excluding hydrogens is 210 g/mol. The summed E-state index contributed by atoms with van der Waals surface area (Å²) >= 11 is 0. The molecule has 1 N–H and O–H groups in total. The van der Waals surface area contributed by atoms with Gasteiger partial charge in [0.2, 0.25) is 0 Å². The standard InChI is InChI=1S/C14H29N3/c1-6-8-10-17(13(3)7-2)11-9-14(4,12-15)16-5/h13,16H,6-11H2,1-5H3. The molecule has 0 aliphatic carbocycles. The summed E-state index contributed by atoms with van der Waals surface area (Å²) in [5, 5.41) is 12.2. The first kappa shape index (κ1) is 16.4. The van der Waals surface area contributed by atoms with E-state index in [2.05, 4.69) is 37.1 Å². The number of nitrogens with zero attached hydrogens (tertiary/aromatic N) is 2. The Morgan fingerprint density at radius 3 is 2.41 bits per heavy atom. The van der Waals surface area contributed by atoms with Crippen LogP contribution in [-0.2, 0) is 0 Å². The number of nitrogens with one attached hydrogen (secondary N) is 1. The highest BCUT2D eigenvalue weighted by Crippen LogP contribution is 2.12. The van der Waals surface area contributed by atoms with Crippen LogP contribution in [0.1, 0.15) is 53.4 Å². The van der Waals surface area contributed by atoms with Crippen molar-refractivity contribution in [2.75, 3.05) is 20.1 Å². The van der Waals surface area contributed by atoms with Crippen LogP contribution >= 0.6 is 0 Å². The summed E-state index contributed by atoms with van der Waals surface area (Å²) in [6.45, 7) is 10.9. The second-order valence-corrected chi connectivity index (χ2v) is 5.09. The molecule has 0 radical (unpaired) electrons. The number of hydrogen-bond donors (Lipinski definition) is 1. The molecule has 0 aromatic heterocycles.